The summed E-state index contributed by atoms with van der Waals surface area (Å²) in [7, 11) is 0. The third kappa shape index (κ3) is 19.4. The van der Waals surface area contributed by atoms with Crippen LogP contribution in [0.15, 0.2) is 30.3 Å². The molecular weight excluding hydrogens is 786 g/mol. The number of aliphatic hydroxyl groups is 1. The fourth-order valence-electron chi connectivity index (χ4n) is 6.05. The largest absolute Gasteiger partial charge is 0.481 e. The minimum absolute atomic E-state index is 0.000365. The summed E-state index contributed by atoms with van der Waals surface area (Å²) in [5.74, 6) is -10.4. The van der Waals surface area contributed by atoms with Gasteiger partial charge >= 0.3 is 17.9 Å². The predicted octanol–water partition coefficient (Wildman–Crippen LogP) is -0.592. The number of rotatable bonds is 27. The Morgan fingerprint density at radius 1 is 0.533 bits per heavy atom. The summed E-state index contributed by atoms with van der Waals surface area (Å²) in [5, 5.41) is 54.0. The van der Waals surface area contributed by atoms with Crippen molar-refractivity contribution in [2.45, 2.75) is 142 Å². The van der Waals surface area contributed by atoms with Gasteiger partial charge in [-0.1, -0.05) is 78.8 Å². The predicted molar refractivity (Wildman–Crippen MR) is 217 cm³/mol. The maximum atomic E-state index is 13.7. The zero-order valence-electron chi connectivity index (χ0n) is 35.2. The maximum Gasteiger partial charge on any atom is 0.326 e. The van der Waals surface area contributed by atoms with Crippen LogP contribution in [0.3, 0.4) is 0 Å². The average molecular weight is 850 g/mol. The molecule has 0 fully saturated rings. The van der Waals surface area contributed by atoms with E-state index in [0.717, 1.165) is 0 Å². The SMILES string of the molecule is CCC(NC(=O)[C@H](CC(=O)O)NC(=O)[C@H](CC(C)C)NC(=O)[C@@H](N)CC(=O)O)C(O)C(=O)N[C@@H](CC(C)C)C(=O)N[C@@H](CC(C)C)C(=O)N[C@@H](Cc1ccccc1)C(=O)O. The standard InChI is InChI=1S/C40H63N7O13/c1-8-25(42-38(57)29(19-32(50)51)45-35(54)26(14-20(2)3)43-34(53)24(41)18-31(48)49)33(52)39(58)46-28(16-22(6)7)36(55)44-27(15-21(4)5)37(56)47-30(40(59)60)17-23-12-10-9-11-13-23/h9-13,20-22,24-30,33,52H,8,14-19,41H2,1-7H3,(H,42,57)(H,43,53)(H,44,55)(H,45,54)(H,46,58)(H,47,56)(H,48,49)(H,50,51)(H,59,60)/t24-,25?,26-,27-,28-,29-,30-,33?/m0/s1. The Bertz CT molecular complexity index is 1640. The normalized spacial score (nSPS) is 15.3. The van der Waals surface area contributed by atoms with Crippen LogP contribution in [0.25, 0.3) is 0 Å². The first-order chi connectivity index (χ1) is 27.9. The molecule has 8 atom stereocenters. The Hall–Kier alpha value is -5.63. The van der Waals surface area contributed by atoms with Crippen molar-refractivity contribution in [3.05, 3.63) is 35.9 Å². The second-order valence-electron chi connectivity index (χ2n) is 16.0. The van der Waals surface area contributed by atoms with Gasteiger partial charge in [0.15, 0.2) is 6.10 Å². The molecule has 60 heavy (non-hydrogen) atoms. The minimum Gasteiger partial charge on any atom is -0.481 e. The molecule has 0 radical (unpaired) electrons. The van der Waals surface area contributed by atoms with E-state index in [2.05, 4.69) is 31.9 Å². The van der Waals surface area contributed by atoms with Gasteiger partial charge in [0.1, 0.15) is 30.2 Å². The molecule has 1 aromatic rings. The Kier molecular flexibility index (Phi) is 22.5. The van der Waals surface area contributed by atoms with Gasteiger partial charge in [-0.15, -0.1) is 0 Å². The number of carboxylic acids is 3. The molecule has 336 valence electrons. The van der Waals surface area contributed by atoms with Gasteiger partial charge in [0.25, 0.3) is 5.91 Å². The molecule has 0 heterocycles. The molecule has 2 unspecified atom stereocenters. The average Bonchev–Trinajstić information content (AvgIpc) is 3.14. The Balaban J connectivity index is 3.20. The first kappa shape index (κ1) is 52.4. The van der Waals surface area contributed by atoms with E-state index >= 15 is 0 Å². The van der Waals surface area contributed by atoms with E-state index in [1.54, 1.807) is 71.9 Å². The van der Waals surface area contributed by atoms with E-state index in [9.17, 15) is 58.5 Å². The maximum absolute atomic E-state index is 13.7. The zero-order chi connectivity index (χ0) is 45.9. The van der Waals surface area contributed by atoms with Crippen molar-refractivity contribution < 1.29 is 63.6 Å². The van der Waals surface area contributed by atoms with Crippen LogP contribution in [0.5, 0.6) is 0 Å². The monoisotopic (exact) mass is 849 g/mol. The van der Waals surface area contributed by atoms with Crippen LogP contribution in [-0.2, 0) is 49.6 Å². The van der Waals surface area contributed by atoms with Gasteiger partial charge in [0.2, 0.25) is 29.5 Å². The molecular formula is C40H63N7O13. The van der Waals surface area contributed by atoms with E-state index < -0.39 is 115 Å². The highest BCUT2D eigenvalue weighted by Gasteiger charge is 2.36. The highest BCUT2D eigenvalue weighted by Crippen LogP contribution is 2.13. The molecule has 0 saturated heterocycles. The molecule has 6 amide bonds. The lowest BCUT2D eigenvalue weighted by Crippen LogP contribution is -2.60. The summed E-state index contributed by atoms with van der Waals surface area (Å²) < 4.78 is 0. The summed E-state index contributed by atoms with van der Waals surface area (Å²) in [4.78, 5) is 115. The topological polar surface area (TPSA) is 333 Å². The lowest BCUT2D eigenvalue weighted by atomic mass is 9.98. The lowest BCUT2D eigenvalue weighted by Gasteiger charge is -2.29. The van der Waals surface area contributed by atoms with Crippen molar-refractivity contribution in [3.63, 3.8) is 0 Å². The van der Waals surface area contributed by atoms with E-state index in [4.69, 9.17) is 10.8 Å². The van der Waals surface area contributed by atoms with Crippen LogP contribution in [-0.4, -0.2) is 122 Å². The highest BCUT2D eigenvalue weighted by molar-refractivity contribution is 5.96. The van der Waals surface area contributed by atoms with Crippen LogP contribution in [0.2, 0.25) is 0 Å². The van der Waals surface area contributed by atoms with Crippen LogP contribution < -0.4 is 37.6 Å². The molecule has 0 spiro atoms. The molecule has 1 aromatic carbocycles. The number of benzene rings is 1. The fraction of sp³-hybridized carbons (Fsp3) is 0.625. The second-order valence-corrected chi connectivity index (χ2v) is 16.0. The summed E-state index contributed by atoms with van der Waals surface area (Å²) in [6, 6.07) is -1.17. The first-order valence-corrected chi connectivity index (χ1v) is 19.9. The molecule has 0 saturated carbocycles. The second kappa shape index (κ2) is 25.8. The third-order valence-electron chi connectivity index (χ3n) is 9.08. The number of hydrogen-bond acceptors (Lipinski definition) is 11. The van der Waals surface area contributed by atoms with Gasteiger partial charge in [0, 0.05) is 6.42 Å². The number of nitrogens with one attached hydrogen (secondary N) is 6. The third-order valence-corrected chi connectivity index (χ3v) is 9.08. The summed E-state index contributed by atoms with van der Waals surface area (Å²) in [6.45, 7) is 12.0. The van der Waals surface area contributed by atoms with E-state index in [1.807, 2.05) is 0 Å². The molecule has 20 heteroatoms. The molecule has 12 N–H and O–H groups in total. The summed E-state index contributed by atoms with van der Waals surface area (Å²) in [6.07, 6.45) is -3.64. The number of carbonyl (C=O) groups excluding carboxylic acids is 6. The smallest absolute Gasteiger partial charge is 0.326 e. The molecule has 20 nitrogen and oxygen atoms in total. The number of carboxylic acid groups (broad SMARTS) is 3. The van der Waals surface area contributed by atoms with Crippen molar-refractivity contribution >= 4 is 53.4 Å². The van der Waals surface area contributed by atoms with E-state index in [0.29, 0.717) is 5.56 Å². The Morgan fingerprint density at radius 2 is 0.917 bits per heavy atom. The van der Waals surface area contributed by atoms with Crippen LogP contribution in [0, 0.1) is 17.8 Å². The number of carbonyl (C=O) groups is 9. The molecule has 0 aliphatic heterocycles. The van der Waals surface area contributed by atoms with Gasteiger partial charge in [-0.25, -0.2) is 4.79 Å². The van der Waals surface area contributed by atoms with Gasteiger partial charge in [0.05, 0.1) is 24.9 Å². The Morgan fingerprint density at radius 3 is 1.32 bits per heavy atom. The molecule has 0 aromatic heterocycles. The number of nitrogens with two attached hydrogens (primary N) is 1. The number of aliphatic hydroxyl groups excluding tert-OH is 1. The number of hydrogen-bond donors (Lipinski definition) is 11. The summed E-state index contributed by atoms with van der Waals surface area (Å²) >= 11 is 0. The molecule has 0 aliphatic rings. The van der Waals surface area contributed by atoms with Crippen LogP contribution >= 0.6 is 0 Å². The highest BCUT2D eigenvalue weighted by atomic mass is 16.4. The zero-order valence-corrected chi connectivity index (χ0v) is 35.2. The fourth-order valence-corrected chi connectivity index (χ4v) is 6.05. The first-order valence-electron chi connectivity index (χ1n) is 19.9. The number of aliphatic carboxylic acids is 3. The lowest BCUT2D eigenvalue weighted by molar-refractivity contribution is -0.142. The quantitative estimate of drug-likeness (QED) is 0.0527. The molecule has 1 rings (SSSR count). The minimum atomic E-state index is -2.00. The molecule has 0 bridgehead atoms. The van der Waals surface area contributed by atoms with Crippen LogP contribution in [0.4, 0.5) is 0 Å². The van der Waals surface area contributed by atoms with Crippen molar-refractivity contribution in [1.82, 2.24) is 31.9 Å². The van der Waals surface area contributed by atoms with Gasteiger partial charge in [-0.05, 0) is 49.0 Å². The van der Waals surface area contributed by atoms with Gasteiger partial charge in [-0.3, -0.25) is 38.4 Å². The van der Waals surface area contributed by atoms with Gasteiger partial charge < -0.3 is 58.1 Å². The van der Waals surface area contributed by atoms with Crippen LogP contribution in [0.1, 0.15) is 92.6 Å². The molecule has 0 aliphatic carbocycles. The van der Waals surface area contributed by atoms with Crippen molar-refractivity contribution in [3.8, 4) is 0 Å². The summed E-state index contributed by atoms with van der Waals surface area (Å²) in [5.41, 5.74) is 6.28. The van der Waals surface area contributed by atoms with E-state index in [-0.39, 0.29) is 49.9 Å². The number of amides is 6. The van der Waals surface area contributed by atoms with Crippen molar-refractivity contribution in [1.29, 1.82) is 0 Å². The van der Waals surface area contributed by atoms with Crippen molar-refractivity contribution in [2.75, 3.05) is 0 Å². The van der Waals surface area contributed by atoms with E-state index in [1.165, 1.54) is 6.92 Å². The Labute approximate surface area is 349 Å². The van der Waals surface area contributed by atoms with Crippen molar-refractivity contribution in [2.24, 2.45) is 23.5 Å². The van der Waals surface area contributed by atoms with Gasteiger partial charge in [-0.2, -0.15) is 0 Å².